The first-order valence-corrected chi connectivity index (χ1v) is 15.2. The van der Waals surface area contributed by atoms with Gasteiger partial charge in [0.2, 0.25) is 0 Å². The van der Waals surface area contributed by atoms with Gasteiger partial charge in [0.15, 0.2) is 0 Å². The van der Waals surface area contributed by atoms with Gasteiger partial charge in [-0.3, -0.25) is 19.1 Å². The van der Waals surface area contributed by atoms with Gasteiger partial charge in [-0.05, 0) is 50.0 Å². The van der Waals surface area contributed by atoms with Crippen molar-refractivity contribution in [2.45, 2.75) is 65.0 Å². The van der Waals surface area contributed by atoms with E-state index >= 15 is 0 Å². The van der Waals surface area contributed by atoms with Crippen molar-refractivity contribution < 1.29 is 4.79 Å². The zero-order valence-electron chi connectivity index (χ0n) is 22.7. The van der Waals surface area contributed by atoms with Gasteiger partial charge < -0.3 is 9.80 Å². The first-order valence-electron chi connectivity index (χ1n) is 13.9. The molecule has 0 N–H and O–H groups in total. The molecule has 39 heavy (non-hydrogen) atoms. The lowest BCUT2D eigenvalue weighted by molar-refractivity contribution is -0.123. The molecule has 0 bridgehead atoms. The number of nitriles is 1. The number of nitrogens with zero attached hydrogens (tertiary/aromatic N) is 5. The predicted octanol–water partition coefficient (Wildman–Crippen LogP) is 5.30. The Labute approximate surface area is 240 Å². The summed E-state index contributed by atoms with van der Waals surface area (Å²) in [5, 5.41) is 9.97. The molecule has 0 unspecified atom stereocenters. The van der Waals surface area contributed by atoms with Crippen molar-refractivity contribution in [2.75, 3.05) is 36.0 Å². The van der Waals surface area contributed by atoms with E-state index in [1.165, 1.54) is 17.4 Å². The van der Waals surface area contributed by atoms with Crippen LogP contribution in [0.1, 0.15) is 62.1 Å². The zero-order chi connectivity index (χ0) is 27.5. The van der Waals surface area contributed by atoms with Gasteiger partial charge in [-0.2, -0.15) is 5.26 Å². The topological polar surface area (TPSA) is 72.6 Å². The summed E-state index contributed by atoms with van der Waals surface area (Å²) in [6.45, 7) is 7.55. The number of amides is 1. The van der Waals surface area contributed by atoms with Crippen molar-refractivity contribution in [2.24, 2.45) is 0 Å². The van der Waals surface area contributed by atoms with Crippen molar-refractivity contribution in [1.29, 1.82) is 5.26 Å². The number of rotatable bonds is 7. The Bertz CT molecular complexity index is 1380. The number of para-hydroxylation sites is 1. The van der Waals surface area contributed by atoms with Crippen molar-refractivity contribution in [3.8, 4) is 6.07 Å². The third kappa shape index (κ3) is 5.37. The number of benzene rings is 1. The summed E-state index contributed by atoms with van der Waals surface area (Å²) < 4.78 is 2.38. The monoisotopic (exact) mass is 561 g/mol. The lowest BCUT2D eigenvalue weighted by Crippen LogP contribution is -2.48. The van der Waals surface area contributed by atoms with E-state index in [0.717, 1.165) is 76.1 Å². The Balaban J connectivity index is 1.57. The quantitative estimate of drug-likeness (QED) is 0.336. The lowest BCUT2D eigenvalue weighted by Gasteiger charge is -2.39. The van der Waals surface area contributed by atoms with Crippen molar-refractivity contribution in [3.63, 3.8) is 0 Å². The highest BCUT2D eigenvalue weighted by molar-refractivity contribution is 8.26. The second-order valence-electron chi connectivity index (χ2n) is 10.5. The summed E-state index contributed by atoms with van der Waals surface area (Å²) in [5.74, 6) is 0.754. The summed E-state index contributed by atoms with van der Waals surface area (Å²) >= 11 is 6.99. The van der Waals surface area contributed by atoms with Crippen LogP contribution in [0.5, 0.6) is 0 Å². The highest BCUT2D eigenvalue weighted by atomic mass is 32.2. The number of carbonyl (C=O) groups is 1. The summed E-state index contributed by atoms with van der Waals surface area (Å²) in [7, 11) is 0. The molecule has 1 saturated carbocycles. The smallest absolute Gasteiger partial charge is 0.270 e. The fourth-order valence-corrected chi connectivity index (χ4v) is 7.29. The van der Waals surface area contributed by atoms with Crippen molar-refractivity contribution in [3.05, 3.63) is 62.3 Å². The third-order valence-corrected chi connectivity index (χ3v) is 9.40. The predicted molar refractivity (Wildman–Crippen MR) is 163 cm³/mol. The number of anilines is 2. The maximum absolute atomic E-state index is 13.6. The number of unbranched alkanes of at least 4 members (excludes halogenated alkanes) is 1. The van der Waals surface area contributed by atoms with E-state index in [2.05, 4.69) is 34.9 Å². The average molecular weight is 562 g/mol. The van der Waals surface area contributed by atoms with Gasteiger partial charge in [0.1, 0.15) is 21.8 Å². The number of pyridine rings is 1. The van der Waals surface area contributed by atoms with E-state index in [-0.39, 0.29) is 23.1 Å². The van der Waals surface area contributed by atoms with Gasteiger partial charge in [-0.15, -0.1) is 0 Å². The molecule has 204 valence electrons. The number of thioether (sulfide) groups is 1. The zero-order valence-corrected chi connectivity index (χ0v) is 24.3. The summed E-state index contributed by atoms with van der Waals surface area (Å²) in [4.78, 5) is 34.2. The molecule has 3 aliphatic rings. The van der Waals surface area contributed by atoms with E-state index in [4.69, 9.17) is 12.2 Å². The van der Waals surface area contributed by atoms with E-state index in [1.807, 2.05) is 31.2 Å². The fourth-order valence-electron chi connectivity index (χ4n) is 5.91. The molecular formula is C30H35N5O2S2. The van der Waals surface area contributed by atoms with Crippen LogP contribution in [0.4, 0.5) is 11.5 Å². The first-order chi connectivity index (χ1) is 18.9. The number of hydrogen-bond donors (Lipinski definition) is 0. The average Bonchev–Trinajstić information content (AvgIpc) is 3.57. The van der Waals surface area contributed by atoms with Crippen molar-refractivity contribution in [1.82, 2.24) is 9.47 Å². The lowest BCUT2D eigenvalue weighted by atomic mass is 10.0. The largest absolute Gasteiger partial charge is 0.368 e. The molecule has 2 aliphatic heterocycles. The number of thiocarbonyl (C=S) groups is 1. The van der Waals surface area contributed by atoms with Crippen LogP contribution >= 0.6 is 24.0 Å². The van der Waals surface area contributed by atoms with E-state index in [9.17, 15) is 14.9 Å². The van der Waals surface area contributed by atoms with E-state index in [1.54, 1.807) is 9.47 Å². The van der Waals surface area contributed by atoms with E-state index in [0.29, 0.717) is 21.3 Å². The molecule has 1 aromatic carbocycles. The molecule has 0 radical (unpaired) electrons. The Kier molecular flexibility index (Phi) is 8.43. The highest BCUT2D eigenvalue weighted by Crippen LogP contribution is 2.39. The van der Waals surface area contributed by atoms with Gasteiger partial charge in [-0.25, -0.2) is 0 Å². The Morgan fingerprint density at radius 1 is 1.08 bits per heavy atom. The summed E-state index contributed by atoms with van der Waals surface area (Å²) in [6.07, 6.45) is 7.85. The SMILES string of the molecule is CCCCn1c(N2CCN(c3ccccc3)CC2)c(/C=C2\SC(=S)N(C3CCCC3)C2=O)c(C)c(C#N)c1=O. The normalized spacial score (nSPS) is 19.4. The number of carbonyl (C=O) groups excluding carboxylic acids is 1. The minimum Gasteiger partial charge on any atom is -0.368 e. The molecule has 0 spiro atoms. The molecule has 1 aromatic heterocycles. The minimum absolute atomic E-state index is 0.0547. The number of aromatic nitrogens is 1. The number of piperazine rings is 1. The van der Waals surface area contributed by atoms with Crippen LogP contribution in [-0.4, -0.2) is 51.9 Å². The summed E-state index contributed by atoms with van der Waals surface area (Å²) in [5.41, 5.74) is 2.49. The molecular weight excluding hydrogens is 526 g/mol. The minimum atomic E-state index is -0.250. The van der Waals surface area contributed by atoms with Gasteiger partial charge in [0.05, 0.1) is 4.91 Å². The van der Waals surface area contributed by atoms with Crippen molar-refractivity contribution >= 4 is 51.8 Å². The third-order valence-electron chi connectivity index (χ3n) is 8.07. The van der Waals surface area contributed by atoms with Gasteiger partial charge >= 0.3 is 0 Å². The van der Waals surface area contributed by atoms with Crippen LogP contribution in [0.3, 0.4) is 0 Å². The second-order valence-corrected chi connectivity index (χ2v) is 12.1. The standard InChI is InChI=1S/C30H35N5O2S2/c1-3-4-14-34-27(33-17-15-32(16-18-33)22-10-6-5-7-11-22)24(21(2)25(20-31)28(34)36)19-26-29(37)35(30(38)39-26)23-12-8-9-13-23/h5-7,10-11,19,23H,3-4,8-9,12-18H2,1-2H3/b26-19-. The van der Waals surface area contributed by atoms with E-state index < -0.39 is 0 Å². The maximum atomic E-state index is 13.6. The van der Waals surface area contributed by atoms with Crippen LogP contribution in [0.2, 0.25) is 0 Å². The van der Waals surface area contributed by atoms with Crippen LogP contribution in [0.15, 0.2) is 40.0 Å². The summed E-state index contributed by atoms with van der Waals surface area (Å²) in [6, 6.07) is 12.7. The van der Waals surface area contributed by atoms with Crippen LogP contribution in [0.25, 0.3) is 6.08 Å². The van der Waals surface area contributed by atoms with Crippen LogP contribution in [0, 0.1) is 18.3 Å². The molecule has 3 fully saturated rings. The number of hydrogen-bond acceptors (Lipinski definition) is 7. The Hall–Kier alpha value is -3.09. The Morgan fingerprint density at radius 2 is 1.74 bits per heavy atom. The molecule has 7 nitrogen and oxygen atoms in total. The molecule has 5 rings (SSSR count). The maximum Gasteiger partial charge on any atom is 0.270 e. The molecule has 2 aromatic rings. The Morgan fingerprint density at radius 3 is 2.38 bits per heavy atom. The first kappa shape index (κ1) is 27.5. The van der Waals surface area contributed by atoms with Gasteiger partial charge in [0, 0.05) is 50.0 Å². The molecule has 3 heterocycles. The molecule has 0 atom stereocenters. The van der Waals surface area contributed by atoms with Crippen LogP contribution < -0.4 is 15.4 Å². The highest BCUT2D eigenvalue weighted by Gasteiger charge is 2.38. The molecule has 9 heteroatoms. The van der Waals surface area contributed by atoms with Crippen LogP contribution in [-0.2, 0) is 11.3 Å². The fraction of sp³-hybridized carbons (Fsp3) is 0.467. The molecule has 1 aliphatic carbocycles. The molecule has 1 amide bonds. The second kappa shape index (κ2) is 12.0. The molecule has 2 saturated heterocycles. The van der Waals surface area contributed by atoms with Gasteiger partial charge in [-0.1, -0.05) is 68.4 Å². The van der Waals surface area contributed by atoms with Gasteiger partial charge in [0.25, 0.3) is 11.5 Å².